The van der Waals surface area contributed by atoms with Gasteiger partial charge in [-0.2, -0.15) is 5.26 Å². The van der Waals surface area contributed by atoms with Crippen LogP contribution in [0.1, 0.15) is 11.8 Å². The van der Waals surface area contributed by atoms with Crippen molar-refractivity contribution in [3.05, 3.63) is 29.0 Å². The molecule has 4 nitrogen and oxygen atoms in total. The SMILES string of the molecule is CCNc1ncc(F)c(-c2ccc(C#N)s2)n1. The summed E-state index contributed by atoms with van der Waals surface area (Å²) in [6, 6.07) is 5.35. The number of anilines is 1. The van der Waals surface area contributed by atoms with E-state index in [2.05, 4.69) is 15.3 Å². The van der Waals surface area contributed by atoms with E-state index in [1.807, 2.05) is 13.0 Å². The molecule has 2 aromatic rings. The largest absolute Gasteiger partial charge is 0.354 e. The Bertz CT molecular complexity index is 573. The predicted octanol–water partition coefficient (Wildman–Crippen LogP) is 2.65. The summed E-state index contributed by atoms with van der Waals surface area (Å²) >= 11 is 1.21. The maximum absolute atomic E-state index is 13.6. The Morgan fingerprint density at radius 2 is 2.35 bits per heavy atom. The Kier molecular flexibility index (Phi) is 3.30. The molecule has 2 aromatic heterocycles. The number of rotatable bonds is 3. The lowest BCUT2D eigenvalue weighted by atomic mass is 10.3. The molecule has 2 rings (SSSR count). The third-order valence-electron chi connectivity index (χ3n) is 2.03. The van der Waals surface area contributed by atoms with Crippen molar-refractivity contribution in [3.8, 4) is 16.6 Å². The average molecular weight is 248 g/mol. The van der Waals surface area contributed by atoms with E-state index in [9.17, 15) is 4.39 Å². The van der Waals surface area contributed by atoms with Crippen LogP contribution in [-0.2, 0) is 0 Å². The van der Waals surface area contributed by atoms with Gasteiger partial charge in [-0.15, -0.1) is 11.3 Å². The van der Waals surface area contributed by atoms with Gasteiger partial charge in [0.15, 0.2) is 5.82 Å². The van der Waals surface area contributed by atoms with Gasteiger partial charge in [0.1, 0.15) is 16.6 Å². The van der Waals surface area contributed by atoms with Crippen molar-refractivity contribution in [2.45, 2.75) is 6.92 Å². The molecule has 0 aromatic carbocycles. The summed E-state index contributed by atoms with van der Waals surface area (Å²) in [7, 11) is 0. The van der Waals surface area contributed by atoms with Crippen LogP contribution in [0.15, 0.2) is 18.3 Å². The zero-order valence-corrected chi connectivity index (χ0v) is 9.88. The highest BCUT2D eigenvalue weighted by atomic mass is 32.1. The second-order valence-electron chi connectivity index (χ2n) is 3.20. The van der Waals surface area contributed by atoms with Crippen molar-refractivity contribution in [2.75, 3.05) is 11.9 Å². The van der Waals surface area contributed by atoms with E-state index in [4.69, 9.17) is 5.26 Å². The molecule has 0 saturated carbocycles. The number of thiophene rings is 1. The Balaban J connectivity index is 2.43. The van der Waals surface area contributed by atoms with Crippen LogP contribution in [-0.4, -0.2) is 16.5 Å². The van der Waals surface area contributed by atoms with E-state index < -0.39 is 5.82 Å². The number of nitrogens with one attached hydrogen (secondary N) is 1. The van der Waals surface area contributed by atoms with Crippen LogP contribution in [0.2, 0.25) is 0 Å². The van der Waals surface area contributed by atoms with Crippen LogP contribution in [0.5, 0.6) is 0 Å². The Morgan fingerprint density at radius 3 is 3.00 bits per heavy atom. The summed E-state index contributed by atoms with van der Waals surface area (Å²) in [5, 5.41) is 11.6. The molecule has 17 heavy (non-hydrogen) atoms. The van der Waals surface area contributed by atoms with Gasteiger partial charge < -0.3 is 5.32 Å². The lowest BCUT2D eigenvalue weighted by Crippen LogP contribution is -2.03. The summed E-state index contributed by atoms with van der Waals surface area (Å²) in [5.41, 5.74) is 0.224. The van der Waals surface area contributed by atoms with E-state index in [0.29, 0.717) is 22.2 Å². The smallest absolute Gasteiger partial charge is 0.223 e. The Hall–Kier alpha value is -2.00. The second kappa shape index (κ2) is 4.89. The summed E-state index contributed by atoms with van der Waals surface area (Å²) < 4.78 is 13.6. The van der Waals surface area contributed by atoms with Crippen molar-refractivity contribution in [3.63, 3.8) is 0 Å². The molecule has 0 bridgehead atoms. The van der Waals surface area contributed by atoms with E-state index in [1.54, 1.807) is 12.1 Å². The topological polar surface area (TPSA) is 61.6 Å². The van der Waals surface area contributed by atoms with E-state index in [-0.39, 0.29) is 5.69 Å². The fraction of sp³-hybridized carbons (Fsp3) is 0.182. The first-order valence-corrected chi connectivity index (χ1v) is 5.83. The molecule has 0 aliphatic rings. The number of nitriles is 1. The quantitative estimate of drug-likeness (QED) is 0.907. The summed E-state index contributed by atoms with van der Waals surface area (Å²) in [5.74, 6) is -0.103. The summed E-state index contributed by atoms with van der Waals surface area (Å²) in [4.78, 5) is 9.06. The lowest BCUT2D eigenvalue weighted by Gasteiger charge is -2.03. The second-order valence-corrected chi connectivity index (χ2v) is 4.28. The van der Waals surface area contributed by atoms with Crippen LogP contribution in [0.4, 0.5) is 10.3 Å². The minimum absolute atomic E-state index is 0.224. The summed E-state index contributed by atoms with van der Waals surface area (Å²) in [6.07, 6.45) is 1.13. The zero-order valence-electron chi connectivity index (χ0n) is 9.07. The highest BCUT2D eigenvalue weighted by Gasteiger charge is 2.11. The van der Waals surface area contributed by atoms with Gasteiger partial charge in [-0.05, 0) is 19.1 Å². The molecule has 0 radical (unpaired) electrons. The zero-order chi connectivity index (χ0) is 12.3. The molecular weight excluding hydrogens is 239 g/mol. The molecule has 1 N–H and O–H groups in total. The summed E-state index contributed by atoms with van der Waals surface area (Å²) in [6.45, 7) is 2.57. The molecule has 0 amide bonds. The van der Waals surface area contributed by atoms with Gasteiger partial charge >= 0.3 is 0 Å². The fourth-order valence-corrected chi connectivity index (χ4v) is 2.10. The number of hydrogen-bond acceptors (Lipinski definition) is 5. The van der Waals surface area contributed by atoms with Gasteiger partial charge in [-0.1, -0.05) is 0 Å². The van der Waals surface area contributed by atoms with Gasteiger partial charge in [0.2, 0.25) is 5.95 Å². The predicted molar refractivity (Wildman–Crippen MR) is 64.2 cm³/mol. The molecule has 0 aliphatic heterocycles. The molecule has 86 valence electrons. The molecule has 2 heterocycles. The molecule has 0 spiro atoms. The average Bonchev–Trinajstić information content (AvgIpc) is 2.80. The van der Waals surface area contributed by atoms with Gasteiger partial charge in [-0.3, -0.25) is 0 Å². The maximum Gasteiger partial charge on any atom is 0.223 e. The van der Waals surface area contributed by atoms with Crippen molar-refractivity contribution in [2.24, 2.45) is 0 Å². The standard InChI is InChI=1S/C11H9FN4S/c1-2-14-11-15-6-8(12)10(16-11)9-4-3-7(5-13)17-9/h3-4,6H,2H2,1H3,(H,14,15,16). The monoisotopic (exact) mass is 248 g/mol. The number of hydrogen-bond donors (Lipinski definition) is 1. The fourth-order valence-electron chi connectivity index (χ4n) is 1.31. The molecule has 0 aliphatic carbocycles. The molecule has 6 heteroatoms. The number of nitrogens with zero attached hydrogens (tertiary/aromatic N) is 3. The maximum atomic E-state index is 13.6. The Morgan fingerprint density at radius 1 is 1.53 bits per heavy atom. The van der Waals surface area contributed by atoms with Crippen LogP contribution in [0.3, 0.4) is 0 Å². The molecule has 0 unspecified atom stereocenters. The number of aromatic nitrogens is 2. The normalized spacial score (nSPS) is 9.94. The first-order valence-electron chi connectivity index (χ1n) is 5.01. The third kappa shape index (κ3) is 2.40. The van der Waals surface area contributed by atoms with E-state index >= 15 is 0 Å². The highest BCUT2D eigenvalue weighted by Crippen LogP contribution is 2.28. The van der Waals surface area contributed by atoms with Gasteiger partial charge in [0.05, 0.1) is 11.1 Å². The van der Waals surface area contributed by atoms with Crippen molar-refractivity contribution < 1.29 is 4.39 Å². The first-order chi connectivity index (χ1) is 8.24. The molecule has 0 atom stereocenters. The van der Waals surface area contributed by atoms with Gasteiger partial charge in [-0.25, -0.2) is 14.4 Å². The van der Waals surface area contributed by atoms with E-state index in [1.165, 1.54) is 11.3 Å². The molecule has 0 fully saturated rings. The van der Waals surface area contributed by atoms with Crippen molar-refractivity contribution in [1.29, 1.82) is 5.26 Å². The first kappa shape index (κ1) is 11.5. The van der Waals surface area contributed by atoms with Crippen molar-refractivity contribution >= 4 is 17.3 Å². The third-order valence-corrected chi connectivity index (χ3v) is 3.03. The van der Waals surface area contributed by atoms with Crippen LogP contribution in [0, 0.1) is 17.1 Å². The Labute approximate surface area is 102 Å². The van der Waals surface area contributed by atoms with Crippen LogP contribution < -0.4 is 5.32 Å². The minimum Gasteiger partial charge on any atom is -0.354 e. The molecule has 0 saturated heterocycles. The van der Waals surface area contributed by atoms with E-state index in [0.717, 1.165) is 6.20 Å². The highest BCUT2D eigenvalue weighted by molar-refractivity contribution is 7.15. The minimum atomic E-state index is -0.488. The van der Waals surface area contributed by atoms with Crippen molar-refractivity contribution in [1.82, 2.24) is 9.97 Å². The lowest BCUT2D eigenvalue weighted by molar-refractivity contribution is 0.619. The number of halogens is 1. The van der Waals surface area contributed by atoms with Gasteiger partial charge in [0, 0.05) is 6.54 Å². The van der Waals surface area contributed by atoms with Crippen LogP contribution >= 0.6 is 11.3 Å². The van der Waals surface area contributed by atoms with Gasteiger partial charge in [0.25, 0.3) is 0 Å². The van der Waals surface area contributed by atoms with Crippen LogP contribution in [0.25, 0.3) is 10.6 Å². The molecular formula is C11H9FN4S.